The lowest BCUT2D eigenvalue weighted by Gasteiger charge is -2.14. The molecule has 3 nitrogen and oxygen atoms in total. The predicted molar refractivity (Wildman–Crippen MR) is 74.4 cm³/mol. The van der Waals surface area contributed by atoms with Crippen LogP contribution in [-0.4, -0.2) is 10.8 Å². The number of benzene rings is 2. The van der Waals surface area contributed by atoms with Crippen molar-refractivity contribution in [2.75, 3.05) is 0 Å². The number of nitrogens with two attached hydrogens (primary N) is 1. The van der Waals surface area contributed by atoms with E-state index in [1.54, 1.807) is 0 Å². The lowest BCUT2D eigenvalue weighted by molar-refractivity contribution is 0.1000. The molecule has 1 heterocycles. The third-order valence-electron chi connectivity index (χ3n) is 3.53. The number of primary amides is 1. The molecular weight excluding hydrogens is 236 g/mol. The second kappa shape index (κ2) is 4.86. The first-order chi connectivity index (χ1) is 9.22. The molecule has 3 heteroatoms. The first-order valence-corrected chi connectivity index (χ1v) is 6.40. The Labute approximate surface area is 112 Å². The van der Waals surface area contributed by atoms with Gasteiger partial charge in [0.15, 0.2) is 0 Å². The molecular formula is C16H16N2O. The summed E-state index contributed by atoms with van der Waals surface area (Å²) in [6, 6.07) is 16.2. The number of fused-ring (bicyclic) bond motifs is 1. The first-order valence-electron chi connectivity index (χ1n) is 6.40. The molecule has 96 valence electrons. The molecule has 0 unspecified atom stereocenters. The van der Waals surface area contributed by atoms with Gasteiger partial charge in [0.05, 0.1) is 0 Å². The van der Waals surface area contributed by atoms with Crippen LogP contribution >= 0.6 is 0 Å². The van der Waals surface area contributed by atoms with Crippen LogP contribution in [0.5, 0.6) is 0 Å². The third kappa shape index (κ3) is 2.51. The molecule has 2 aromatic rings. The second-order valence-corrected chi connectivity index (χ2v) is 4.98. The number of amides is 1. The molecule has 19 heavy (non-hydrogen) atoms. The first kappa shape index (κ1) is 11.9. The Morgan fingerprint density at radius 2 is 1.79 bits per heavy atom. The third-order valence-corrected chi connectivity index (χ3v) is 3.53. The maximum Gasteiger partial charge on any atom is 0.248 e. The molecule has 2 N–H and O–H groups in total. The van der Waals surface area contributed by atoms with E-state index in [2.05, 4.69) is 29.2 Å². The molecule has 0 fully saturated rings. The molecule has 0 spiro atoms. The van der Waals surface area contributed by atoms with E-state index in [1.807, 2.05) is 24.3 Å². The van der Waals surface area contributed by atoms with E-state index in [0.717, 1.165) is 19.6 Å². The van der Waals surface area contributed by atoms with E-state index in [0.29, 0.717) is 5.56 Å². The van der Waals surface area contributed by atoms with Gasteiger partial charge >= 0.3 is 0 Å². The van der Waals surface area contributed by atoms with Crippen LogP contribution in [0.3, 0.4) is 0 Å². The Morgan fingerprint density at radius 1 is 1.05 bits per heavy atom. The lowest BCUT2D eigenvalue weighted by atomic mass is 10.1. The Bertz CT molecular complexity index is 607. The van der Waals surface area contributed by atoms with Crippen LogP contribution in [0.25, 0.3) is 0 Å². The zero-order valence-electron chi connectivity index (χ0n) is 10.7. The zero-order chi connectivity index (χ0) is 13.2. The SMILES string of the molecule is NC(=O)c1ccc2c(c1)CN(Cc1ccccc1)C2. The van der Waals surface area contributed by atoms with Gasteiger partial charge < -0.3 is 5.73 Å². The Kier molecular flexibility index (Phi) is 3.05. The smallest absolute Gasteiger partial charge is 0.248 e. The van der Waals surface area contributed by atoms with Gasteiger partial charge in [-0.15, -0.1) is 0 Å². The van der Waals surface area contributed by atoms with Crippen molar-refractivity contribution >= 4 is 5.91 Å². The van der Waals surface area contributed by atoms with Crippen LogP contribution in [0.2, 0.25) is 0 Å². The fraction of sp³-hybridized carbons (Fsp3) is 0.188. The topological polar surface area (TPSA) is 46.3 Å². The minimum Gasteiger partial charge on any atom is -0.366 e. The van der Waals surface area contributed by atoms with Crippen molar-refractivity contribution in [2.45, 2.75) is 19.6 Å². The van der Waals surface area contributed by atoms with Crippen LogP contribution < -0.4 is 5.73 Å². The molecule has 0 radical (unpaired) electrons. The highest BCUT2D eigenvalue weighted by atomic mass is 16.1. The van der Waals surface area contributed by atoms with Gasteiger partial charge in [-0.2, -0.15) is 0 Å². The molecule has 1 amide bonds. The zero-order valence-corrected chi connectivity index (χ0v) is 10.7. The second-order valence-electron chi connectivity index (χ2n) is 4.98. The quantitative estimate of drug-likeness (QED) is 0.911. The number of carbonyl (C=O) groups is 1. The number of rotatable bonds is 3. The number of carbonyl (C=O) groups excluding carboxylic acids is 1. The van der Waals surface area contributed by atoms with Gasteiger partial charge in [0.1, 0.15) is 0 Å². The van der Waals surface area contributed by atoms with Crippen molar-refractivity contribution in [2.24, 2.45) is 5.73 Å². The van der Waals surface area contributed by atoms with Crippen molar-refractivity contribution < 1.29 is 4.79 Å². The summed E-state index contributed by atoms with van der Waals surface area (Å²) in [5.74, 6) is -0.357. The van der Waals surface area contributed by atoms with Crippen molar-refractivity contribution in [3.8, 4) is 0 Å². The van der Waals surface area contributed by atoms with Gasteiger partial charge in [-0.1, -0.05) is 36.4 Å². The van der Waals surface area contributed by atoms with Gasteiger partial charge in [0.25, 0.3) is 0 Å². The highest BCUT2D eigenvalue weighted by Crippen LogP contribution is 2.25. The number of nitrogens with zero attached hydrogens (tertiary/aromatic N) is 1. The highest BCUT2D eigenvalue weighted by molar-refractivity contribution is 5.93. The monoisotopic (exact) mass is 252 g/mol. The number of hydrogen-bond acceptors (Lipinski definition) is 2. The average molecular weight is 252 g/mol. The Balaban J connectivity index is 1.75. The van der Waals surface area contributed by atoms with Crippen LogP contribution in [0.4, 0.5) is 0 Å². The van der Waals surface area contributed by atoms with Crippen molar-refractivity contribution in [3.05, 3.63) is 70.8 Å². The van der Waals surface area contributed by atoms with Crippen molar-refractivity contribution in [1.29, 1.82) is 0 Å². The molecule has 0 saturated heterocycles. The minimum atomic E-state index is -0.357. The van der Waals surface area contributed by atoms with Gasteiger partial charge in [-0.3, -0.25) is 9.69 Å². The van der Waals surface area contributed by atoms with Gasteiger partial charge in [0, 0.05) is 25.2 Å². The highest BCUT2D eigenvalue weighted by Gasteiger charge is 2.19. The summed E-state index contributed by atoms with van der Waals surface area (Å²) in [5, 5.41) is 0. The standard InChI is InChI=1S/C16H16N2O/c17-16(19)13-6-7-14-10-18(11-15(14)8-13)9-12-4-2-1-3-5-12/h1-8H,9-11H2,(H2,17,19). The molecule has 1 aliphatic rings. The molecule has 3 rings (SSSR count). The van der Waals surface area contributed by atoms with Crippen LogP contribution in [-0.2, 0) is 19.6 Å². The molecule has 1 aliphatic heterocycles. The molecule has 0 aliphatic carbocycles. The summed E-state index contributed by atoms with van der Waals surface area (Å²) in [4.78, 5) is 13.5. The molecule has 2 aromatic carbocycles. The molecule has 0 saturated carbocycles. The maximum atomic E-state index is 11.2. The van der Waals surface area contributed by atoms with Crippen LogP contribution in [0.1, 0.15) is 27.0 Å². The van der Waals surface area contributed by atoms with Gasteiger partial charge in [0.2, 0.25) is 5.91 Å². The molecule has 0 aromatic heterocycles. The average Bonchev–Trinajstić information content (AvgIpc) is 2.80. The maximum absolute atomic E-state index is 11.2. The van der Waals surface area contributed by atoms with E-state index in [4.69, 9.17) is 5.73 Å². The van der Waals surface area contributed by atoms with Crippen molar-refractivity contribution in [1.82, 2.24) is 4.90 Å². The summed E-state index contributed by atoms with van der Waals surface area (Å²) in [7, 11) is 0. The van der Waals surface area contributed by atoms with Gasteiger partial charge in [-0.05, 0) is 28.8 Å². The van der Waals surface area contributed by atoms with Crippen LogP contribution in [0.15, 0.2) is 48.5 Å². The van der Waals surface area contributed by atoms with E-state index in [1.165, 1.54) is 16.7 Å². The summed E-state index contributed by atoms with van der Waals surface area (Å²) in [6.45, 7) is 2.75. The minimum absolute atomic E-state index is 0.357. The molecule has 0 bridgehead atoms. The summed E-state index contributed by atoms with van der Waals surface area (Å²) >= 11 is 0. The van der Waals surface area contributed by atoms with E-state index < -0.39 is 0 Å². The molecule has 0 atom stereocenters. The predicted octanol–water partition coefficient (Wildman–Crippen LogP) is 2.30. The summed E-state index contributed by atoms with van der Waals surface area (Å²) in [6.07, 6.45) is 0. The van der Waals surface area contributed by atoms with E-state index in [-0.39, 0.29) is 5.91 Å². The van der Waals surface area contributed by atoms with E-state index in [9.17, 15) is 4.79 Å². The Morgan fingerprint density at radius 3 is 2.53 bits per heavy atom. The fourth-order valence-electron chi connectivity index (χ4n) is 2.57. The van der Waals surface area contributed by atoms with Gasteiger partial charge in [-0.25, -0.2) is 0 Å². The van der Waals surface area contributed by atoms with Crippen LogP contribution in [0, 0.1) is 0 Å². The lowest BCUT2D eigenvalue weighted by Crippen LogP contribution is -2.15. The fourth-order valence-corrected chi connectivity index (χ4v) is 2.57. The van der Waals surface area contributed by atoms with Crippen molar-refractivity contribution in [3.63, 3.8) is 0 Å². The normalized spacial score (nSPS) is 14.3. The number of hydrogen-bond donors (Lipinski definition) is 1. The summed E-state index contributed by atoms with van der Waals surface area (Å²) < 4.78 is 0. The summed E-state index contributed by atoms with van der Waals surface area (Å²) in [5.41, 5.74) is 9.73. The Hall–Kier alpha value is -2.13. The largest absolute Gasteiger partial charge is 0.366 e. The van der Waals surface area contributed by atoms with E-state index >= 15 is 0 Å².